The van der Waals surface area contributed by atoms with E-state index >= 15 is 0 Å². The van der Waals surface area contributed by atoms with E-state index in [1.807, 2.05) is 23.5 Å². The van der Waals surface area contributed by atoms with Crippen molar-refractivity contribution in [2.75, 3.05) is 31.1 Å². The smallest absolute Gasteiger partial charge is 0.162 e. The third-order valence-corrected chi connectivity index (χ3v) is 8.48. The van der Waals surface area contributed by atoms with Gasteiger partial charge in [0, 0.05) is 43.0 Å². The molecule has 160 valence electrons. The number of aromatic nitrogens is 3. The lowest BCUT2D eigenvalue weighted by Crippen LogP contribution is -2.46. The highest BCUT2D eigenvalue weighted by Crippen LogP contribution is 2.40. The average Bonchev–Trinajstić information content (AvgIpc) is 3.53. The summed E-state index contributed by atoms with van der Waals surface area (Å²) in [7, 11) is 0. The maximum absolute atomic E-state index is 5.48. The van der Waals surface area contributed by atoms with Crippen LogP contribution in [0.4, 0.5) is 5.82 Å². The van der Waals surface area contributed by atoms with Crippen LogP contribution in [-0.2, 0) is 19.4 Å². The lowest BCUT2D eigenvalue weighted by molar-refractivity contribution is 0.247. The third kappa shape index (κ3) is 3.66. The number of aryl methyl sites for hydroxylation is 1. The third-order valence-electron chi connectivity index (χ3n) is 6.41. The second-order valence-electron chi connectivity index (χ2n) is 8.61. The summed E-state index contributed by atoms with van der Waals surface area (Å²) in [6.45, 7) is 7.25. The van der Waals surface area contributed by atoms with E-state index in [-0.39, 0.29) is 0 Å². The Morgan fingerprint density at radius 3 is 2.94 bits per heavy atom. The molecule has 0 aromatic carbocycles. The Hall–Kier alpha value is -2.29. The number of anilines is 1. The van der Waals surface area contributed by atoms with Gasteiger partial charge < -0.3 is 9.32 Å². The number of piperazine rings is 1. The number of thiazole rings is 1. The highest BCUT2D eigenvalue weighted by molar-refractivity contribution is 7.19. The van der Waals surface area contributed by atoms with Gasteiger partial charge in [-0.05, 0) is 42.9 Å². The molecular weight excluding hydrogens is 426 g/mol. The molecule has 0 unspecified atom stereocenters. The van der Waals surface area contributed by atoms with E-state index < -0.39 is 0 Å². The van der Waals surface area contributed by atoms with Gasteiger partial charge in [0.1, 0.15) is 17.0 Å². The van der Waals surface area contributed by atoms with Crippen molar-refractivity contribution in [3.8, 4) is 10.8 Å². The Balaban J connectivity index is 1.16. The van der Waals surface area contributed by atoms with Crippen LogP contribution in [0.2, 0.25) is 0 Å². The summed E-state index contributed by atoms with van der Waals surface area (Å²) in [5.74, 6) is 2.77. The van der Waals surface area contributed by atoms with Gasteiger partial charge in [-0.25, -0.2) is 15.0 Å². The molecule has 1 saturated heterocycles. The van der Waals surface area contributed by atoms with Crippen molar-refractivity contribution >= 4 is 38.7 Å². The predicted octanol–water partition coefficient (Wildman–Crippen LogP) is 4.85. The Morgan fingerprint density at radius 1 is 1.19 bits per heavy atom. The fourth-order valence-electron chi connectivity index (χ4n) is 4.74. The van der Waals surface area contributed by atoms with Gasteiger partial charge in [0.25, 0.3) is 0 Å². The van der Waals surface area contributed by atoms with Crippen molar-refractivity contribution in [3.63, 3.8) is 0 Å². The first-order valence-corrected chi connectivity index (χ1v) is 12.6. The van der Waals surface area contributed by atoms with Crippen molar-refractivity contribution in [3.05, 3.63) is 46.2 Å². The molecule has 2 aliphatic rings. The number of hydrogen-bond donors (Lipinski definition) is 0. The maximum Gasteiger partial charge on any atom is 0.162 e. The molecule has 6 rings (SSSR count). The van der Waals surface area contributed by atoms with Gasteiger partial charge in [-0.15, -0.1) is 22.7 Å². The minimum Gasteiger partial charge on any atom is -0.462 e. The zero-order valence-electron chi connectivity index (χ0n) is 17.6. The van der Waals surface area contributed by atoms with Crippen LogP contribution >= 0.6 is 22.7 Å². The molecule has 6 nitrogen and oxygen atoms in total. The number of rotatable bonds is 4. The van der Waals surface area contributed by atoms with Crippen LogP contribution in [0.3, 0.4) is 0 Å². The first-order chi connectivity index (χ1) is 15.2. The number of hydrogen-bond acceptors (Lipinski definition) is 8. The second-order valence-corrected chi connectivity index (χ2v) is 10.6. The van der Waals surface area contributed by atoms with Gasteiger partial charge in [0.15, 0.2) is 10.8 Å². The van der Waals surface area contributed by atoms with Gasteiger partial charge in [0.05, 0.1) is 17.3 Å². The van der Waals surface area contributed by atoms with Crippen LogP contribution in [0.15, 0.2) is 34.5 Å². The van der Waals surface area contributed by atoms with E-state index in [0.29, 0.717) is 0 Å². The van der Waals surface area contributed by atoms with Crippen LogP contribution in [0.5, 0.6) is 0 Å². The predicted molar refractivity (Wildman–Crippen MR) is 126 cm³/mol. The molecule has 0 spiro atoms. The van der Waals surface area contributed by atoms with Gasteiger partial charge in [-0.1, -0.05) is 6.92 Å². The van der Waals surface area contributed by atoms with Crippen molar-refractivity contribution in [1.82, 2.24) is 19.9 Å². The molecule has 0 N–H and O–H groups in total. The summed E-state index contributed by atoms with van der Waals surface area (Å²) in [6.07, 6.45) is 7.08. The van der Waals surface area contributed by atoms with Crippen LogP contribution in [0.25, 0.3) is 21.0 Å². The second kappa shape index (κ2) is 8.00. The van der Waals surface area contributed by atoms with Crippen molar-refractivity contribution in [1.29, 1.82) is 0 Å². The molecule has 8 heteroatoms. The molecular formula is C23H25N5OS2. The summed E-state index contributed by atoms with van der Waals surface area (Å²) < 4.78 is 5.48. The Morgan fingerprint density at radius 2 is 2.10 bits per heavy atom. The Kier molecular flexibility index (Phi) is 5.01. The quantitative estimate of drug-likeness (QED) is 0.442. The molecule has 1 atom stereocenters. The number of nitrogens with zero attached hydrogens (tertiary/aromatic N) is 5. The first-order valence-electron chi connectivity index (χ1n) is 11.0. The fraction of sp³-hybridized carbons (Fsp3) is 0.435. The summed E-state index contributed by atoms with van der Waals surface area (Å²) in [5.41, 5.74) is 2.64. The molecule has 5 heterocycles. The monoisotopic (exact) mass is 451 g/mol. The highest BCUT2D eigenvalue weighted by atomic mass is 32.1. The largest absolute Gasteiger partial charge is 0.462 e. The van der Waals surface area contributed by atoms with Gasteiger partial charge >= 0.3 is 0 Å². The lowest BCUT2D eigenvalue weighted by Gasteiger charge is -2.35. The molecule has 0 radical (unpaired) electrons. The molecule has 1 aliphatic heterocycles. The zero-order valence-corrected chi connectivity index (χ0v) is 19.2. The zero-order chi connectivity index (χ0) is 20.8. The minimum absolute atomic E-state index is 0.777. The normalized spacial score (nSPS) is 19.8. The maximum atomic E-state index is 5.48. The Bertz CT molecular complexity index is 1190. The molecule has 0 amide bonds. The van der Waals surface area contributed by atoms with Crippen LogP contribution in [0.1, 0.15) is 29.5 Å². The van der Waals surface area contributed by atoms with Crippen molar-refractivity contribution < 1.29 is 4.42 Å². The minimum atomic E-state index is 0.777. The summed E-state index contributed by atoms with van der Waals surface area (Å²) in [6, 6.07) is 3.87. The summed E-state index contributed by atoms with van der Waals surface area (Å²) in [4.78, 5) is 21.8. The van der Waals surface area contributed by atoms with E-state index in [1.165, 1.54) is 39.9 Å². The molecule has 4 aromatic heterocycles. The Labute approximate surface area is 189 Å². The van der Waals surface area contributed by atoms with Gasteiger partial charge in [-0.3, -0.25) is 4.90 Å². The molecule has 0 bridgehead atoms. The van der Waals surface area contributed by atoms with Crippen LogP contribution in [-0.4, -0.2) is 46.0 Å². The van der Waals surface area contributed by atoms with E-state index in [2.05, 4.69) is 27.1 Å². The SMILES string of the molecule is C[C@@H]1CCc2c(sc3ncnc(N4CCN(Cc5csc(-c6ccco6)n5)CC4)c23)C1. The molecule has 1 aliphatic carbocycles. The molecule has 0 saturated carbocycles. The summed E-state index contributed by atoms with van der Waals surface area (Å²) >= 11 is 3.53. The molecule has 4 aromatic rings. The lowest BCUT2D eigenvalue weighted by atomic mass is 9.89. The number of thiophene rings is 1. The number of furan rings is 1. The topological polar surface area (TPSA) is 58.3 Å². The van der Waals surface area contributed by atoms with Crippen molar-refractivity contribution in [2.24, 2.45) is 5.92 Å². The first kappa shape index (κ1) is 19.4. The molecule has 31 heavy (non-hydrogen) atoms. The number of fused-ring (bicyclic) bond motifs is 3. The highest BCUT2D eigenvalue weighted by Gasteiger charge is 2.26. The van der Waals surface area contributed by atoms with Crippen molar-refractivity contribution in [2.45, 2.75) is 32.7 Å². The van der Waals surface area contributed by atoms with Gasteiger partial charge in [0.2, 0.25) is 0 Å². The molecule has 1 fully saturated rings. The average molecular weight is 452 g/mol. The van der Waals surface area contributed by atoms with E-state index in [9.17, 15) is 0 Å². The summed E-state index contributed by atoms with van der Waals surface area (Å²) in [5, 5.41) is 4.43. The van der Waals surface area contributed by atoms with Gasteiger partial charge in [-0.2, -0.15) is 0 Å². The van der Waals surface area contributed by atoms with E-state index in [1.54, 1.807) is 23.9 Å². The van der Waals surface area contributed by atoms with E-state index in [4.69, 9.17) is 14.4 Å². The standard InChI is InChI=1S/C23H25N5OS2/c1-15-4-5-17-19(11-15)31-23-20(17)21(24-14-25-23)28-8-6-27(7-9-28)12-16-13-30-22(26-16)18-3-2-10-29-18/h2-3,10,13-15H,4-9,11-12H2,1H3/t15-/m1/s1. The van der Waals surface area contributed by atoms with E-state index in [0.717, 1.165) is 60.9 Å². The van der Waals surface area contributed by atoms with Crippen LogP contribution < -0.4 is 4.90 Å². The van der Waals surface area contributed by atoms with Crippen LogP contribution in [0, 0.1) is 5.92 Å². The fourth-order valence-corrected chi connectivity index (χ4v) is 6.86.